The lowest BCUT2D eigenvalue weighted by Crippen LogP contribution is -2.30. The molecule has 0 spiro atoms. The predicted molar refractivity (Wildman–Crippen MR) is 358 cm³/mol. The molecule has 7 atom stereocenters. The predicted octanol–water partition coefficient (Wildman–Crippen LogP) is 20.0. The van der Waals surface area contributed by atoms with Crippen molar-refractivity contribution in [1.29, 1.82) is 0 Å². The molecule has 0 rings (SSSR count). The van der Waals surface area contributed by atoms with Crippen LogP contribution in [0, 0.1) is 11.8 Å². The van der Waals surface area contributed by atoms with Crippen molar-refractivity contribution in [2.24, 2.45) is 11.8 Å². The van der Waals surface area contributed by atoms with Crippen LogP contribution in [0.3, 0.4) is 0 Å². The van der Waals surface area contributed by atoms with Crippen LogP contribution in [0.5, 0.6) is 0 Å². The average molecular weight is 1310 g/mol. The number of aliphatic hydroxyl groups excluding tert-OH is 1. The number of carbonyl (C=O) groups excluding carboxylic acids is 4. The smallest absolute Gasteiger partial charge is 0.462 e. The van der Waals surface area contributed by atoms with Gasteiger partial charge >= 0.3 is 39.5 Å². The largest absolute Gasteiger partial charge is 0.472 e. The van der Waals surface area contributed by atoms with E-state index in [1.54, 1.807) is 0 Å². The molecule has 0 saturated carbocycles. The first-order chi connectivity index (χ1) is 42.9. The molecule has 0 aliphatic carbocycles. The summed E-state index contributed by atoms with van der Waals surface area (Å²) < 4.78 is 68.2. The lowest BCUT2D eigenvalue weighted by atomic mass is 9.99. The molecule has 0 heterocycles. The Morgan fingerprint density at radius 2 is 0.539 bits per heavy atom. The quantitative estimate of drug-likeness (QED) is 0.0222. The number of esters is 4. The van der Waals surface area contributed by atoms with E-state index in [1.165, 1.54) is 161 Å². The number of phosphoric ester groups is 2. The summed E-state index contributed by atoms with van der Waals surface area (Å²) >= 11 is 0. The Kier molecular flexibility index (Phi) is 60.8. The number of hydrogen-bond donors (Lipinski definition) is 3. The molecular formula is C70H136O17P2. The first-order valence-electron chi connectivity index (χ1n) is 36.6. The molecule has 89 heavy (non-hydrogen) atoms. The Labute approximate surface area is 543 Å². The number of rotatable bonds is 69. The third-order valence-electron chi connectivity index (χ3n) is 16.9. The molecule has 0 aromatic carbocycles. The number of hydrogen-bond acceptors (Lipinski definition) is 15. The highest BCUT2D eigenvalue weighted by Crippen LogP contribution is 2.45. The second-order valence-corrected chi connectivity index (χ2v) is 28.7. The number of phosphoric acid groups is 2. The second-order valence-electron chi connectivity index (χ2n) is 25.8. The van der Waals surface area contributed by atoms with Gasteiger partial charge in [-0.05, 0) is 37.5 Å². The summed E-state index contributed by atoms with van der Waals surface area (Å²) in [6.45, 7) is 9.57. The van der Waals surface area contributed by atoms with Gasteiger partial charge in [0.25, 0.3) is 0 Å². The van der Waals surface area contributed by atoms with E-state index < -0.39 is 97.5 Å². The van der Waals surface area contributed by atoms with Crippen LogP contribution in [0.25, 0.3) is 0 Å². The maximum absolute atomic E-state index is 13.0. The van der Waals surface area contributed by atoms with Gasteiger partial charge in [-0.25, -0.2) is 9.13 Å². The zero-order chi connectivity index (χ0) is 65.7. The molecule has 4 unspecified atom stereocenters. The number of aliphatic hydroxyl groups is 1. The number of ether oxygens (including phenoxy) is 4. The topological polar surface area (TPSA) is 237 Å². The van der Waals surface area contributed by atoms with Gasteiger partial charge in [0, 0.05) is 25.7 Å². The lowest BCUT2D eigenvalue weighted by Gasteiger charge is -2.21. The van der Waals surface area contributed by atoms with Crippen LogP contribution in [0.15, 0.2) is 0 Å². The monoisotopic (exact) mass is 1310 g/mol. The molecule has 0 aliphatic rings. The van der Waals surface area contributed by atoms with Crippen molar-refractivity contribution < 1.29 is 80.2 Å². The van der Waals surface area contributed by atoms with Crippen LogP contribution >= 0.6 is 15.6 Å². The minimum absolute atomic E-state index is 0.106. The van der Waals surface area contributed by atoms with E-state index in [1.807, 2.05) is 0 Å². The first kappa shape index (κ1) is 87.1. The third kappa shape index (κ3) is 62.0. The SMILES string of the molecule is CCCCCCCCCCCCCCCCC(=O)O[C@H](COC(=O)CCCCCCCCC)COP(=O)(O)OC[C@H](O)COP(=O)(O)OC[C@@H](COC(=O)CCCCCCCCCCCCC(C)CC)OC(=O)CCCCCCCCCCCCC(C)CC. The Hall–Kier alpha value is -1.94. The van der Waals surface area contributed by atoms with Crippen LogP contribution in [0.2, 0.25) is 0 Å². The van der Waals surface area contributed by atoms with Crippen LogP contribution in [-0.2, 0) is 65.4 Å². The zero-order valence-corrected chi connectivity index (χ0v) is 59.5. The minimum Gasteiger partial charge on any atom is -0.462 e. The van der Waals surface area contributed by atoms with Gasteiger partial charge in [0.1, 0.15) is 19.3 Å². The molecule has 0 bridgehead atoms. The fourth-order valence-electron chi connectivity index (χ4n) is 10.5. The van der Waals surface area contributed by atoms with Crippen molar-refractivity contribution in [2.75, 3.05) is 39.6 Å². The van der Waals surface area contributed by atoms with Gasteiger partial charge in [-0.15, -0.1) is 0 Å². The molecule has 17 nitrogen and oxygen atoms in total. The van der Waals surface area contributed by atoms with Crippen LogP contribution in [0.1, 0.15) is 356 Å². The van der Waals surface area contributed by atoms with Crippen LogP contribution in [0.4, 0.5) is 0 Å². The van der Waals surface area contributed by atoms with Gasteiger partial charge in [0.05, 0.1) is 26.4 Å². The maximum atomic E-state index is 13.0. The van der Waals surface area contributed by atoms with E-state index in [9.17, 15) is 43.2 Å². The summed E-state index contributed by atoms with van der Waals surface area (Å²) in [5, 5.41) is 10.6. The highest BCUT2D eigenvalue weighted by molar-refractivity contribution is 7.47. The summed E-state index contributed by atoms with van der Waals surface area (Å²) in [5.74, 6) is -0.515. The Balaban J connectivity index is 5.22. The molecule has 0 radical (unpaired) electrons. The van der Waals surface area contributed by atoms with Crippen molar-refractivity contribution in [3.8, 4) is 0 Å². The number of carbonyl (C=O) groups is 4. The molecule has 0 amide bonds. The molecule has 19 heteroatoms. The molecule has 0 saturated heterocycles. The van der Waals surface area contributed by atoms with Crippen molar-refractivity contribution in [3.63, 3.8) is 0 Å². The van der Waals surface area contributed by atoms with Crippen molar-refractivity contribution in [2.45, 2.75) is 374 Å². The Morgan fingerprint density at radius 3 is 0.798 bits per heavy atom. The van der Waals surface area contributed by atoms with Crippen LogP contribution in [-0.4, -0.2) is 96.7 Å². The molecule has 0 aromatic rings. The van der Waals surface area contributed by atoms with Crippen molar-refractivity contribution >= 4 is 39.5 Å². The summed E-state index contributed by atoms with van der Waals surface area (Å²) in [7, 11) is -9.90. The highest BCUT2D eigenvalue weighted by Gasteiger charge is 2.30. The first-order valence-corrected chi connectivity index (χ1v) is 39.6. The molecule has 0 aliphatic heterocycles. The van der Waals surface area contributed by atoms with Gasteiger partial charge < -0.3 is 33.8 Å². The van der Waals surface area contributed by atoms with E-state index in [-0.39, 0.29) is 25.7 Å². The van der Waals surface area contributed by atoms with Gasteiger partial charge in [-0.3, -0.25) is 37.3 Å². The van der Waals surface area contributed by atoms with E-state index >= 15 is 0 Å². The van der Waals surface area contributed by atoms with Gasteiger partial charge in [-0.2, -0.15) is 0 Å². The molecule has 0 fully saturated rings. The summed E-state index contributed by atoms with van der Waals surface area (Å²) in [6, 6.07) is 0. The number of unbranched alkanes of at least 4 members (excludes halogenated alkanes) is 37. The van der Waals surface area contributed by atoms with E-state index in [0.29, 0.717) is 25.7 Å². The van der Waals surface area contributed by atoms with Gasteiger partial charge in [0.2, 0.25) is 0 Å². The fraction of sp³-hybridized carbons (Fsp3) is 0.943. The molecule has 0 aromatic heterocycles. The zero-order valence-electron chi connectivity index (χ0n) is 57.7. The third-order valence-corrected chi connectivity index (χ3v) is 18.8. The van der Waals surface area contributed by atoms with Crippen molar-refractivity contribution in [3.05, 3.63) is 0 Å². The lowest BCUT2D eigenvalue weighted by molar-refractivity contribution is -0.161. The normalized spacial score (nSPS) is 14.8. The Bertz CT molecular complexity index is 1740. The van der Waals surface area contributed by atoms with Crippen molar-refractivity contribution in [1.82, 2.24) is 0 Å². The van der Waals surface area contributed by atoms with Gasteiger partial charge in [0.15, 0.2) is 12.2 Å². The molecular weight excluding hydrogens is 1170 g/mol. The van der Waals surface area contributed by atoms with E-state index in [4.69, 9.17) is 37.0 Å². The fourth-order valence-corrected chi connectivity index (χ4v) is 12.1. The standard InChI is InChI=1S/C70H136O17P2/c1-7-11-13-15-17-18-19-20-21-22-30-36-42-48-54-69(74)86-65(58-80-67(72)52-46-40-32-16-14-12-8-2)60-84-88(76,77)82-56-64(71)57-83-89(78,79)85-61-66(87-70(75)55-49-43-37-31-26-24-28-34-39-45-51-63(6)10-4)59-81-68(73)53-47-41-35-29-25-23-27-33-38-44-50-62(5)9-3/h62-66,71H,7-61H2,1-6H3,(H,76,77)(H,78,79)/t62?,63?,64-,65+,66+/m0/s1. The van der Waals surface area contributed by atoms with Crippen LogP contribution < -0.4 is 0 Å². The van der Waals surface area contributed by atoms with Gasteiger partial charge in [-0.1, -0.05) is 305 Å². The molecule has 3 N–H and O–H groups in total. The summed E-state index contributed by atoms with van der Waals surface area (Å²) in [6.07, 6.45) is 47.1. The Morgan fingerprint density at radius 1 is 0.315 bits per heavy atom. The second kappa shape index (κ2) is 62.2. The average Bonchev–Trinajstić information content (AvgIpc) is 3.73. The highest BCUT2D eigenvalue weighted by atomic mass is 31.2. The van der Waals surface area contributed by atoms with E-state index in [0.717, 1.165) is 115 Å². The molecule has 528 valence electrons. The summed E-state index contributed by atoms with van der Waals surface area (Å²) in [4.78, 5) is 72.4. The minimum atomic E-state index is -4.95. The summed E-state index contributed by atoms with van der Waals surface area (Å²) in [5.41, 5.74) is 0. The van der Waals surface area contributed by atoms with E-state index in [2.05, 4.69) is 41.5 Å². The maximum Gasteiger partial charge on any atom is 0.472 e.